The number of alkyl carbamates (subject to hydrolysis) is 1. The maximum Gasteiger partial charge on any atom is 0.492 e. The third kappa shape index (κ3) is 5.59. The number of carbonyl (C=O) groups excluding carboxylic acids is 1. The van der Waals surface area contributed by atoms with Gasteiger partial charge in [-0.1, -0.05) is 36.4 Å². The molecule has 4 N–H and O–H groups in total. The van der Waals surface area contributed by atoms with Crippen molar-refractivity contribution in [3.05, 3.63) is 65.1 Å². The second kappa shape index (κ2) is 9.04. The normalized spacial score (nSPS) is 17.4. The number of ether oxygens (including phenoxy) is 1. The minimum atomic E-state index is -0.673. The molecular formula is C23H29BN2O5. The largest absolute Gasteiger partial charge is 0.508 e. The SMILES string of the molecule is CC1(C)OB(C(=Cc2ccc(O)cc2N)CNC(=O)OCc2ccccc2)OC1(C)C. The Balaban J connectivity index is 1.74. The molecule has 0 spiro atoms. The summed E-state index contributed by atoms with van der Waals surface area (Å²) in [5, 5.41) is 12.4. The number of phenols is 1. The number of nitrogens with one attached hydrogen (secondary N) is 1. The van der Waals surface area contributed by atoms with Crippen molar-refractivity contribution >= 4 is 25.0 Å². The van der Waals surface area contributed by atoms with Crippen LogP contribution in [0.3, 0.4) is 0 Å². The molecule has 1 aliphatic heterocycles. The summed E-state index contributed by atoms with van der Waals surface area (Å²) in [5.41, 5.74) is 7.63. The smallest absolute Gasteiger partial charge is 0.492 e. The van der Waals surface area contributed by atoms with E-state index in [1.165, 1.54) is 6.07 Å². The molecule has 1 aliphatic rings. The van der Waals surface area contributed by atoms with E-state index in [-0.39, 0.29) is 18.9 Å². The lowest BCUT2D eigenvalue weighted by Crippen LogP contribution is -2.41. The highest BCUT2D eigenvalue weighted by Crippen LogP contribution is 2.39. The average Bonchev–Trinajstić information content (AvgIpc) is 2.93. The van der Waals surface area contributed by atoms with Crippen molar-refractivity contribution in [2.75, 3.05) is 12.3 Å². The predicted octanol–water partition coefficient (Wildman–Crippen LogP) is 3.92. The summed E-state index contributed by atoms with van der Waals surface area (Å²) >= 11 is 0. The van der Waals surface area contributed by atoms with Crippen LogP contribution >= 0.6 is 0 Å². The molecule has 2 aromatic carbocycles. The van der Waals surface area contributed by atoms with Crippen molar-refractivity contribution in [3.8, 4) is 5.75 Å². The summed E-state index contributed by atoms with van der Waals surface area (Å²) in [5.74, 6) is 0.0782. The van der Waals surface area contributed by atoms with Crippen LogP contribution in [0.2, 0.25) is 0 Å². The molecule has 1 saturated heterocycles. The van der Waals surface area contributed by atoms with Gasteiger partial charge in [0, 0.05) is 18.3 Å². The molecule has 0 aromatic heterocycles. The van der Waals surface area contributed by atoms with Gasteiger partial charge in [-0.2, -0.15) is 0 Å². The van der Waals surface area contributed by atoms with Crippen molar-refractivity contribution in [1.29, 1.82) is 0 Å². The van der Waals surface area contributed by atoms with Gasteiger partial charge in [0.1, 0.15) is 12.4 Å². The summed E-state index contributed by atoms with van der Waals surface area (Å²) < 4.78 is 17.6. The lowest BCUT2D eigenvalue weighted by atomic mass is 9.77. The maximum absolute atomic E-state index is 12.3. The van der Waals surface area contributed by atoms with Gasteiger partial charge < -0.3 is 30.2 Å². The second-order valence-corrected chi connectivity index (χ2v) is 8.54. The first kappa shape index (κ1) is 22.7. The first-order valence-electron chi connectivity index (χ1n) is 10.2. The van der Waals surface area contributed by atoms with Gasteiger partial charge in [-0.15, -0.1) is 0 Å². The number of phenolic OH excluding ortho intramolecular Hbond substituents is 1. The fourth-order valence-corrected chi connectivity index (χ4v) is 3.04. The minimum Gasteiger partial charge on any atom is -0.508 e. The van der Waals surface area contributed by atoms with Gasteiger partial charge in [0.2, 0.25) is 0 Å². The van der Waals surface area contributed by atoms with Crippen LogP contribution in [0.15, 0.2) is 54.0 Å². The minimum absolute atomic E-state index is 0.0782. The van der Waals surface area contributed by atoms with Crippen LogP contribution in [0.1, 0.15) is 38.8 Å². The van der Waals surface area contributed by atoms with Crippen molar-refractivity contribution in [2.45, 2.75) is 45.5 Å². The van der Waals surface area contributed by atoms with Crippen molar-refractivity contribution in [3.63, 3.8) is 0 Å². The number of nitrogens with two attached hydrogens (primary N) is 1. The van der Waals surface area contributed by atoms with Crippen LogP contribution in [0.25, 0.3) is 6.08 Å². The van der Waals surface area contributed by atoms with E-state index in [2.05, 4.69) is 5.32 Å². The van der Waals surface area contributed by atoms with E-state index in [9.17, 15) is 9.90 Å². The van der Waals surface area contributed by atoms with Crippen LogP contribution in [0.5, 0.6) is 5.75 Å². The van der Waals surface area contributed by atoms with E-state index >= 15 is 0 Å². The molecule has 0 unspecified atom stereocenters. The van der Waals surface area contributed by atoms with Crippen molar-refractivity contribution < 1.29 is 23.9 Å². The zero-order chi connectivity index (χ0) is 22.6. The third-order valence-electron chi connectivity index (χ3n) is 5.62. The summed E-state index contributed by atoms with van der Waals surface area (Å²) in [6, 6.07) is 14.2. The van der Waals surface area contributed by atoms with E-state index in [1.807, 2.05) is 58.0 Å². The van der Waals surface area contributed by atoms with Gasteiger partial charge in [0.15, 0.2) is 0 Å². The van der Waals surface area contributed by atoms with Crippen LogP contribution in [0, 0.1) is 0 Å². The number of aromatic hydroxyl groups is 1. The summed E-state index contributed by atoms with van der Waals surface area (Å²) in [6.07, 6.45) is 1.25. The highest BCUT2D eigenvalue weighted by Gasteiger charge is 2.52. The second-order valence-electron chi connectivity index (χ2n) is 8.54. The van der Waals surface area contributed by atoms with Crippen LogP contribution in [0.4, 0.5) is 10.5 Å². The Morgan fingerprint density at radius 3 is 2.39 bits per heavy atom. The van der Waals surface area contributed by atoms with E-state index in [0.29, 0.717) is 16.7 Å². The Morgan fingerprint density at radius 1 is 1.13 bits per heavy atom. The van der Waals surface area contributed by atoms with Crippen molar-refractivity contribution in [2.24, 2.45) is 0 Å². The van der Waals surface area contributed by atoms with Gasteiger partial charge in [0.25, 0.3) is 0 Å². The highest BCUT2D eigenvalue weighted by molar-refractivity contribution is 6.56. The first-order chi connectivity index (χ1) is 14.6. The monoisotopic (exact) mass is 424 g/mol. The zero-order valence-corrected chi connectivity index (χ0v) is 18.3. The molecule has 0 radical (unpaired) electrons. The molecule has 1 fully saturated rings. The topological polar surface area (TPSA) is 103 Å². The number of nitrogen functional groups attached to an aromatic ring is 1. The number of amides is 1. The molecule has 3 rings (SSSR count). The number of rotatable bonds is 6. The molecule has 1 amide bonds. The van der Waals surface area contributed by atoms with E-state index < -0.39 is 24.4 Å². The van der Waals surface area contributed by atoms with Crippen LogP contribution < -0.4 is 11.1 Å². The van der Waals surface area contributed by atoms with Gasteiger partial charge >= 0.3 is 13.2 Å². The van der Waals surface area contributed by atoms with Gasteiger partial charge in [-0.05, 0) is 56.4 Å². The standard InChI is InChI=1S/C23H29BN2O5/c1-22(2)23(3,4)31-24(30-22)18(12-17-10-11-19(27)13-20(17)25)14-26-21(28)29-15-16-8-6-5-7-9-16/h5-13,27H,14-15,25H2,1-4H3,(H,26,28). The molecular weight excluding hydrogens is 395 g/mol. The molecule has 7 nitrogen and oxygen atoms in total. The van der Waals surface area contributed by atoms with Crippen LogP contribution in [-0.4, -0.2) is 36.1 Å². The van der Waals surface area contributed by atoms with Gasteiger partial charge in [-0.25, -0.2) is 4.79 Å². The maximum atomic E-state index is 12.3. The number of anilines is 1. The molecule has 1 heterocycles. The zero-order valence-electron chi connectivity index (χ0n) is 18.3. The molecule has 2 aromatic rings. The molecule has 0 atom stereocenters. The lowest BCUT2D eigenvalue weighted by molar-refractivity contribution is 0.00578. The summed E-state index contributed by atoms with van der Waals surface area (Å²) in [4.78, 5) is 12.3. The Morgan fingerprint density at radius 2 is 1.77 bits per heavy atom. The molecule has 0 bridgehead atoms. The lowest BCUT2D eigenvalue weighted by Gasteiger charge is -2.32. The molecule has 0 saturated carbocycles. The third-order valence-corrected chi connectivity index (χ3v) is 5.62. The Bertz CT molecular complexity index is 944. The number of benzene rings is 2. The first-order valence-corrected chi connectivity index (χ1v) is 10.2. The fourth-order valence-electron chi connectivity index (χ4n) is 3.04. The highest BCUT2D eigenvalue weighted by atomic mass is 16.7. The van der Waals surface area contributed by atoms with Crippen LogP contribution in [-0.2, 0) is 20.7 Å². The number of hydrogen-bond acceptors (Lipinski definition) is 6. The quantitative estimate of drug-likeness (QED) is 0.480. The Hall–Kier alpha value is -2.97. The summed E-state index contributed by atoms with van der Waals surface area (Å²) in [7, 11) is -0.673. The molecule has 164 valence electrons. The average molecular weight is 424 g/mol. The van der Waals surface area contributed by atoms with E-state index in [0.717, 1.165) is 5.56 Å². The fraction of sp³-hybridized carbons (Fsp3) is 0.348. The molecule has 0 aliphatic carbocycles. The Labute approximate surface area is 183 Å². The number of hydrogen-bond donors (Lipinski definition) is 3. The van der Waals surface area contributed by atoms with E-state index in [4.69, 9.17) is 19.8 Å². The summed E-state index contributed by atoms with van der Waals surface area (Å²) in [6.45, 7) is 8.16. The van der Waals surface area contributed by atoms with E-state index in [1.54, 1.807) is 18.2 Å². The number of carbonyl (C=O) groups is 1. The molecule has 8 heteroatoms. The predicted molar refractivity (Wildman–Crippen MR) is 121 cm³/mol. The van der Waals surface area contributed by atoms with Gasteiger partial charge in [-0.3, -0.25) is 0 Å². The van der Waals surface area contributed by atoms with Gasteiger partial charge in [0.05, 0.1) is 11.2 Å². The Kier molecular flexibility index (Phi) is 6.62. The molecule has 31 heavy (non-hydrogen) atoms. The van der Waals surface area contributed by atoms with Crippen molar-refractivity contribution in [1.82, 2.24) is 5.32 Å².